The fourth-order valence-corrected chi connectivity index (χ4v) is 3.89. The number of hydrogen-bond donors (Lipinski definition) is 0. The molecule has 1 aliphatic heterocycles. The predicted molar refractivity (Wildman–Crippen MR) is 63.5 cm³/mol. The van der Waals surface area contributed by atoms with Gasteiger partial charge in [0.2, 0.25) is 0 Å². The molecular formula is C14H18O4. The topological polar surface area (TPSA) is 52.6 Å². The van der Waals surface area contributed by atoms with Gasteiger partial charge in [-0.25, -0.2) is 4.79 Å². The van der Waals surface area contributed by atoms with Crippen LogP contribution in [-0.4, -0.2) is 24.6 Å². The summed E-state index contributed by atoms with van der Waals surface area (Å²) >= 11 is 0. The van der Waals surface area contributed by atoms with Gasteiger partial charge in [-0.05, 0) is 32.1 Å². The molecule has 2 saturated carbocycles. The first-order valence-electron chi connectivity index (χ1n) is 6.61. The smallest absolute Gasteiger partial charge is 0.333 e. The van der Waals surface area contributed by atoms with Gasteiger partial charge in [0, 0.05) is 17.4 Å². The van der Waals surface area contributed by atoms with Crippen LogP contribution < -0.4 is 0 Å². The van der Waals surface area contributed by atoms with Crippen LogP contribution >= 0.6 is 0 Å². The van der Waals surface area contributed by atoms with Crippen molar-refractivity contribution in [3.05, 3.63) is 12.2 Å². The second-order valence-electron chi connectivity index (χ2n) is 5.77. The number of fused-ring (bicyclic) bond motifs is 1. The average molecular weight is 250 g/mol. The van der Waals surface area contributed by atoms with Gasteiger partial charge in [-0.3, -0.25) is 4.79 Å². The minimum Gasteiger partial charge on any atom is -0.462 e. The first-order valence-corrected chi connectivity index (χ1v) is 6.61. The monoisotopic (exact) mass is 250 g/mol. The number of carbonyl (C=O) groups is 2. The van der Waals surface area contributed by atoms with E-state index >= 15 is 0 Å². The summed E-state index contributed by atoms with van der Waals surface area (Å²) in [5.41, 5.74) is 0.426. The highest BCUT2D eigenvalue weighted by Gasteiger charge is 2.61. The molecule has 3 aliphatic rings. The van der Waals surface area contributed by atoms with Gasteiger partial charge in [0.15, 0.2) is 0 Å². The molecule has 4 heteroatoms. The highest BCUT2D eigenvalue weighted by atomic mass is 16.6. The van der Waals surface area contributed by atoms with Crippen molar-refractivity contribution in [2.75, 3.05) is 6.61 Å². The fourth-order valence-electron chi connectivity index (χ4n) is 3.89. The van der Waals surface area contributed by atoms with Crippen LogP contribution in [0.25, 0.3) is 0 Å². The summed E-state index contributed by atoms with van der Waals surface area (Å²) in [6, 6.07) is 0. The number of ether oxygens (including phenoxy) is 2. The lowest BCUT2D eigenvalue weighted by molar-refractivity contribution is -0.145. The van der Waals surface area contributed by atoms with Crippen molar-refractivity contribution in [2.45, 2.75) is 32.3 Å². The van der Waals surface area contributed by atoms with E-state index in [1.807, 2.05) is 0 Å². The molecule has 1 saturated heterocycles. The quantitative estimate of drug-likeness (QED) is 0.563. The SMILES string of the molecule is C=C(C)C(=O)OCCC1C2CC3C(=O)OC1C3C2. The summed E-state index contributed by atoms with van der Waals surface area (Å²) in [5, 5.41) is 0. The molecule has 18 heavy (non-hydrogen) atoms. The Morgan fingerprint density at radius 3 is 3.00 bits per heavy atom. The molecule has 2 bridgehead atoms. The molecule has 0 amide bonds. The summed E-state index contributed by atoms with van der Waals surface area (Å²) in [6.07, 6.45) is 2.97. The van der Waals surface area contributed by atoms with E-state index in [0.717, 1.165) is 19.3 Å². The van der Waals surface area contributed by atoms with Crippen LogP contribution in [0, 0.1) is 23.7 Å². The first-order chi connectivity index (χ1) is 8.58. The second kappa shape index (κ2) is 4.11. The van der Waals surface area contributed by atoms with Crippen LogP contribution in [0.1, 0.15) is 26.2 Å². The van der Waals surface area contributed by atoms with Gasteiger partial charge >= 0.3 is 11.9 Å². The predicted octanol–water partition coefficient (Wildman–Crippen LogP) is 1.69. The van der Waals surface area contributed by atoms with E-state index in [1.54, 1.807) is 6.92 Å². The van der Waals surface area contributed by atoms with Gasteiger partial charge in [-0.15, -0.1) is 0 Å². The van der Waals surface area contributed by atoms with Gasteiger partial charge in [0.1, 0.15) is 6.10 Å². The Morgan fingerprint density at radius 1 is 1.50 bits per heavy atom. The van der Waals surface area contributed by atoms with Gasteiger partial charge in [-0.2, -0.15) is 0 Å². The Morgan fingerprint density at radius 2 is 2.28 bits per heavy atom. The lowest BCUT2D eigenvalue weighted by Gasteiger charge is -2.24. The molecule has 0 N–H and O–H groups in total. The Labute approximate surface area is 106 Å². The summed E-state index contributed by atoms with van der Waals surface area (Å²) in [5.74, 6) is 1.22. The van der Waals surface area contributed by atoms with Crippen LogP contribution in [0.2, 0.25) is 0 Å². The van der Waals surface area contributed by atoms with E-state index in [-0.39, 0.29) is 24.0 Å². The van der Waals surface area contributed by atoms with Crippen molar-refractivity contribution < 1.29 is 19.1 Å². The number of rotatable bonds is 4. The Kier molecular flexibility index (Phi) is 2.68. The molecule has 0 aromatic carbocycles. The van der Waals surface area contributed by atoms with Gasteiger partial charge in [0.25, 0.3) is 0 Å². The Balaban J connectivity index is 1.55. The minimum absolute atomic E-state index is 0.00562. The summed E-state index contributed by atoms with van der Waals surface area (Å²) in [7, 11) is 0. The molecule has 2 aliphatic carbocycles. The third-order valence-corrected chi connectivity index (χ3v) is 4.69. The molecule has 0 radical (unpaired) electrons. The molecule has 0 aromatic rings. The second-order valence-corrected chi connectivity index (χ2v) is 5.77. The van der Waals surface area contributed by atoms with Gasteiger partial charge in [0.05, 0.1) is 12.5 Å². The summed E-state index contributed by atoms with van der Waals surface area (Å²) in [4.78, 5) is 22.9. The molecule has 1 heterocycles. The standard InChI is InChI=1S/C14H18O4/c1-7(2)13(15)17-4-3-9-8-5-10-11(6-8)14(16)18-12(9)10/h8-12H,1,3-6H2,2H3. The first kappa shape index (κ1) is 11.8. The fraction of sp³-hybridized carbons (Fsp3) is 0.714. The van der Waals surface area contributed by atoms with E-state index in [1.165, 1.54) is 0 Å². The number of hydrogen-bond acceptors (Lipinski definition) is 4. The Hall–Kier alpha value is -1.32. The highest BCUT2D eigenvalue weighted by Crippen LogP contribution is 2.58. The molecule has 0 spiro atoms. The van der Waals surface area contributed by atoms with Crippen molar-refractivity contribution >= 4 is 11.9 Å². The third-order valence-electron chi connectivity index (χ3n) is 4.69. The molecule has 0 aromatic heterocycles. The van der Waals surface area contributed by atoms with Crippen LogP contribution in [0.15, 0.2) is 12.2 Å². The lowest BCUT2D eigenvalue weighted by Crippen LogP contribution is -2.28. The lowest BCUT2D eigenvalue weighted by atomic mass is 9.81. The zero-order valence-electron chi connectivity index (χ0n) is 10.6. The zero-order chi connectivity index (χ0) is 12.9. The molecule has 5 atom stereocenters. The van der Waals surface area contributed by atoms with Crippen LogP contribution in [0.3, 0.4) is 0 Å². The molecular weight excluding hydrogens is 232 g/mol. The average Bonchev–Trinajstić information content (AvgIpc) is 2.92. The Bertz CT molecular complexity index is 414. The maximum absolute atomic E-state index is 11.6. The van der Waals surface area contributed by atoms with Crippen molar-refractivity contribution in [1.29, 1.82) is 0 Å². The van der Waals surface area contributed by atoms with Gasteiger partial charge < -0.3 is 9.47 Å². The highest BCUT2D eigenvalue weighted by molar-refractivity contribution is 5.86. The molecule has 5 unspecified atom stereocenters. The maximum atomic E-state index is 11.6. The zero-order valence-corrected chi connectivity index (χ0v) is 10.6. The normalized spacial score (nSPS) is 39.8. The van der Waals surface area contributed by atoms with E-state index in [9.17, 15) is 9.59 Å². The molecule has 3 fully saturated rings. The molecule has 98 valence electrons. The van der Waals surface area contributed by atoms with E-state index in [0.29, 0.717) is 29.9 Å². The maximum Gasteiger partial charge on any atom is 0.333 e. The van der Waals surface area contributed by atoms with E-state index in [4.69, 9.17) is 9.47 Å². The van der Waals surface area contributed by atoms with E-state index < -0.39 is 0 Å². The van der Waals surface area contributed by atoms with E-state index in [2.05, 4.69) is 6.58 Å². The van der Waals surface area contributed by atoms with Crippen molar-refractivity contribution in [2.24, 2.45) is 23.7 Å². The number of carbonyl (C=O) groups excluding carboxylic acids is 2. The third kappa shape index (κ3) is 1.66. The van der Waals surface area contributed by atoms with Crippen LogP contribution in [0.5, 0.6) is 0 Å². The number of esters is 2. The van der Waals surface area contributed by atoms with Crippen molar-refractivity contribution in [3.63, 3.8) is 0 Å². The summed E-state index contributed by atoms with van der Waals surface area (Å²) < 4.78 is 10.6. The molecule has 3 rings (SSSR count). The van der Waals surface area contributed by atoms with Crippen LogP contribution in [-0.2, 0) is 19.1 Å². The molecule has 4 nitrogen and oxygen atoms in total. The van der Waals surface area contributed by atoms with Crippen LogP contribution in [0.4, 0.5) is 0 Å². The van der Waals surface area contributed by atoms with Gasteiger partial charge in [-0.1, -0.05) is 6.58 Å². The van der Waals surface area contributed by atoms with Crippen molar-refractivity contribution in [1.82, 2.24) is 0 Å². The minimum atomic E-state index is -0.334. The van der Waals surface area contributed by atoms with Crippen molar-refractivity contribution in [3.8, 4) is 0 Å². The largest absolute Gasteiger partial charge is 0.462 e. The summed E-state index contributed by atoms with van der Waals surface area (Å²) in [6.45, 7) is 5.59.